The van der Waals surface area contributed by atoms with Crippen LogP contribution in [0.5, 0.6) is 0 Å². The van der Waals surface area contributed by atoms with E-state index in [9.17, 15) is 9.59 Å². The second-order valence-electron chi connectivity index (χ2n) is 3.25. The van der Waals surface area contributed by atoms with Gasteiger partial charge in [-0.05, 0) is 6.92 Å². The van der Waals surface area contributed by atoms with Gasteiger partial charge in [0.1, 0.15) is 11.5 Å². The van der Waals surface area contributed by atoms with Crippen molar-refractivity contribution in [2.45, 2.75) is 27.4 Å². The van der Waals surface area contributed by atoms with E-state index in [-0.39, 0.29) is 12.3 Å². The van der Waals surface area contributed by atoms with Crippen LogP contribution in [0.3, 0.4) is 0 Å². The Morgan fingerprint density at radius 2 is 2.06 bits per heavy atom. The fourth-order valence-electron chi connectivity index (χ4n) is 1.03. The van der Waals surface area contributed by atoms with Gasteiger partial charge in [0.25, 0.3) is 0 Å². The van der Waals surface area contributed by atoms with Gasteiger partial charge in [0.2, 0.25) is 0 Å². The summed E-state index contributed by atoms with van der Waals surface area (Å²) in [5.41, 5.74) is 0.341. The number of aromatic nitrogens is 1. The molecule has 1 heterocycles. The van der Waals surface area contributed by atoms with Crippen LogP contribution >= 0.6 is 0 Å². The zero-order chi connectivity index (χ0) is 12.1. The van der Waals surface area contributed by atoms with E-state index in [2.05, 4.69) is 10.3 Å². The van der Waals surface area contributed by atoms with Crippen molar-refractivity contribution in [2.75, 3.05) is 0 Å². The molecule has 0 unspecified atom stereocenters. The maximum absolute atomic E-state index is 11.0. The number of aryl methyl sites for hydroxylation is 1. The van der Waals surface area contributed by atoms with Gasteiger partial charge in [-0.3, -0.25) is 9.59 Å². The zero-order valence-corrected chi connectivity index (χ0v) is 9.31. The number of nitrogens with zero attached hydrogens (tertiary/aromatic N) is 2. The molecule has 86 valence electrons. The van der Waals surface area contributed by atoms with Gasteiger partial charge < -0.3 is 9.36 Å². The Morgan fingerprint density at radius 3 is 2.50 bits per heavy atom. The molecule has 1 aromatic rings. The Balaban J connectivity index is 2.58. The molecule has 0 bridgehead atoms. The van der Waals surface area contributed by atoms with Crippen molar-refractivity contribution in [3.8, 4) is 0 Å². The van der Waals surface area contributed by atoms with Crippen LogP contribution in [0.25, 0.3) is 0 Å². The van der Waals surface area contributed by atoms with Gasteiger partial charge in [-0.15, -0.1) is 0 Å². The SMILES string of the molecule is CC(=O)C(=NOCc1cc(C)on1)C(C)=O. The first-order valence-corrected chi connectivity index (χ1v) is 4.64. The summed E-state index contributed by atoms with van der Waals surface area (Å²) >= 11 is 0. The molecule has 6 nitrogen and oxygen atoms in total. The standard InChI is InChI=1S/C10H12N2O4/c1-6-4-9(11-16-6)5-15-12-10(7(2)13)8(3)14/h4H,5H2,1-3H3. The van der Waals surface area contributed by atoms with E-state index in [1.165, 1.54) is 13.8 Å². The third kappa shape index (κ3) is 3.30. The van der Waals surface area contributed by atoms with Crippen LogP contribution in [0, 0.1) is 6.92 Å². The smallest absolute Gasteiger partial charge is 0.187 e. The predicted molar refractivity (Wildman–Crippen MR) is 54.8 cm³/mol. The van der Waals surface area contributed by atoms with Crippen molar-refractivity contribution in [1.29, 1.82) is 0 Å². The van der Waals surface area contributed by atoms with Crippen LogP contribution in [0.15, 0.2) is 15.7 Å². The van der Waals surface area contributed by atoms with E-state index in [0.29, 0.717) is 11.5 Å². The molecule has 0 aliphatic heterocycles. The van der Waals surface area contributed by atoms with Crippen molar-refractivity contribution in [1.82, 2.24) is 5.16 Å². The van der Waals surface area contributed by atoms with Crippen molar-refractivity contribution >= 4 is 17.3 Å². The monoisotopic (exact) mass is 224 g/mol. The Morgan fingerprint density at radius 1 is 1.44 bits per heavy atom. The molecule has 0 atom stereocenters. The van der Waals surface area contributed by atoms with Crippen LogP contribution in [-0.2, 0) is 21.0 Å². The molecule has 0 saturated heterocycles. The summed E-state index contributed by atoms with van der Waals surface area (Å²) in [7, 11) is 0. The molecule has 0 aromatic carbocycles. The summed E-state index contributed by atoms with van der Waals surface area (Å²) in [4.78, 5) is 26.8. The first-order chi connectivity index (χ1) is 7.50. The number of ketones is 2. The van der Waals surface area contributed by atoms with Crippen LogP contribution in [0.4, 0.5) is 0 Å². The Bertz CT molecular complexity index is 418. The molecule has 0 spiro atoms. The lowest BCUT2D eigenvalue weighted by molar-refractivity contribution is -0.115. The summed E-state index contributed by atoms with van der Waals surface area (Å²) in [6.07, 6.45) is 0. The summed E-state index contributed by atoms with van der Waals surface area (Å²) in [6.45, 7) is 4.31. The molecule has 0 fully saturated rings. The van der Waals surface area contributed by atoms with Crippen molar-refractivity contribution < 1.29 is 18.9 Å². The van der Waals surface area contributed by atoms with E-state index in [1.807, 2.05) is 0 Å². The lowest BCUT2D eigenvalue weighted by Crippen LogP contribution is -2.19. The molecule has 0 aliphatic carbocycles. The predicted octanol–water partition coefficient (Wildman–Crippen LogP) is 1.03. The van der Waals surface area contributed by atoms with Crippen molar-refractivity contribution in [3.05, 3.63) is 17.5 Å². The number of oxime groups is 1. The molecular formula is C10H12N2O4. The number of Topliss-reactive ketones (excluding diaryl/α,β-unsaturated/α-hetero) is 2. The van der Waals surface area contributed by atoms with E-state index < -0.39 is 11.6 Å². The second-order valence-corrected chi connectivity index (χ2v) is 3.25. The highest BCUT2D eigenvalue weighted by Crippen LogP contribution is 2.03. The number of carbonyl (C=O) groups excluding carboxylic acids is 2. The van der Waals surface area contributed by atoms with Gasteiger partial charge in [0, 0.05) is 19.9 Å². The highest BCUT2D eigenvalue weighted by Gasteiger charge is 2.12. The molecule has 16 heavy (non-hydrogen) atoms. The number of carbonyl (C=O) groups is 2. The third-order valence-electron chi connectivity index (χ3n) is 1.71. The van der Waals surface area contributed by atoms with Crippen LogP contribution in [0.1, 0.15) is 25.3 Å². The normalized spacial score (nSPS) is 9.69. The Labute approximate surface area is 92.2 Å². The average molecular weight is 224 g/mol. The summed E-state index contributed by atoms with van der Waals surface area (Å²) in [6, 6.07) is 1.68. The van der Waals surface area contributed by atoms with E-state index in [0.717, 1.165) is 0 Å². The molecular weight excluding hydrogens is 212 g/mol. The van der Waals surface area contributed by atoms with Crippen LogP contribution < -0.4 is 0 Å². The summed E-state index contributed by atoms with van der Waals surface area (Å²) in [5.74, 6) is -0.200. The molecule has 0 N–H and O–H groups in total. The summed E-state index contributed by atoms with van der Waals surface area (Å²) < 4.78 is 4.80. The maximum Gasteiger partial charge on any atom is 0.187 e. The van der Waals surface area contributed by atoms with Gasteiger partial charge in [0.05, 0.1) is 0 Å². The van der Waals surface area contributed by atoms with Gasteiger partial charge in [-0.2, -0.15) is 0 Å². The minimum atomic E-state index is -0.427. The van der Waals surface area contributed by atoms with E-state index >= 15 is 0 Å². The first kappa shape index (κ1) is 12.1. The second kappa shape index (κ2) is 5.20. The molecule has 1 rings (SSSR count). The minimum absolute atomic E-state index is 0.0569. The first-order valence-electron chi connectivity index (χ1n) is 4.64. The zero-order valence-electron chi connectivity index (χ0n) is 9.31. The van der Waals surface area contributed by atoms with Crippen LogP contribution in [-0.4, -0.2) is 22.4 Å². The van der Waals surface area contributed by atoms with E-state index in [4.69, 9.17) is 9.36 Å². The highest BCUT2D eigenvalue weighted by molar-refractivity contribution is 6.65. The maximum atomic E-state index is 11.0. The molecule has 0 amide bonds. The van der Waals surface area contributed by atoms with Gasteiger partial charge in [-0.25, -0.2) is 0 Å². The average Bonchev–Trinajstić information content (AvgIpc) is 2.57. The minimum Gasteiger partial charge on any atom is -0.388 e. The third-order valence-corrected chi connectivity index (χ3v) is 1.71. The van der Waals surface area contributed by atoms with E-state index in [1.54, 1.807) is 13.0 Å². The van der Waals surface area contributed by atoms with Crippen LogP contribution in [0.2, 0.25) is 0 Å². The fraction of sp³-hybridized carbons (Fsp3) is 0.400. The fourth-order valence-corrected chi connectivity index (χ4v) is 1.03. The Kier molecular flexibility index (Phi) is 3.93. The van der Waals surface area contributed by atoms with Gasteiger partial charge in [0.15, 0.2) is 23.9 Å². The Hall–Kier alpha value is -1.98. The lowest BCUT2D eigenvalue weighted by atomic mass is 10.2. The van der Waals surface area contributed by atoms with Gasteiger partial charge >= 0.3 is 0 Å². The topological polar surface area (TPSA) is 81.8 Å². The number of hydrogen-bond acceptors (Lipinski definition) is 6. The van der Waals surface area contributed by atoms with Gasteiger partial charge in [-0.1, -0.05) is 10.3 Å². The number of hydrogen-bond donors (Lipinski definition) is 0. The molecule has 1 aromatic heterocycles. The number of rotatable bonds is 5. The quantitative estimate of drug-likeness (QED) is 0.424. The lowest BCUT2D eigenvalue weighted by Gasteiger charge is -1.97. The molecule has 0 aliphatic rings. The highest BCUT2D eigenvalue weighted by atomic mass is 16.6. The molecule has 0 radical (unpaired) electrons. The molecule has 6 heteroatoms. The van der Waals surface area contributed by atoms with Crippen molar-refractivity contribution in [3.63, 3.8) is 0 Å². The van der Waals surface area contributed by atoms with Crippen molar-refractivity contribution in [2.24, 2.45) is 5.16 Å². The summed E-state index contributed by atoms with van der Waals surface area (Å²) in [5, 5.41) is 7.13. The molecule has 0 saturated carbocycles. The largest absolute Gasteiger partial charge is 0.388 e.